The first-order chi connectivity index (χ1) is 16.5. The molecule has 1 atom stereocenters. The number of benzene rings is 4. The molecule has 2 N–H and O–H groups in total. The lowest BCUT2D eigenvalue weighted by Gasteiger charge is -2.23. The van der Waals surface area contributed by atoms with Crippen molar-refractivity contribution in [2.24, 2.45) is 0 Å². The molecule has 0 heterocycles. The zero-order valence-electron chi connectivity index (χ0n) is 20.5. The van der Waals surface area contributed by atoms with Crippen LogP contribution in [0.2, 0.25) is 0 Å². The van der Waals surface area contributed by atoms with E-state index in [9.17, 15) is 4.79 Å². The second kappa shape index (κ2) is 10.7. The maximum absolute atomic E-state index is 13.2. The highest BCUT2D eigenvalue weighted by atomic mass is 16.1. The Kier molecular flexibility index (Phi) is 7.44. The van der Waals surface area contributed by atoms with E-state index in [1.165, 1.54) is 27.5 Å². The van der Waals surface area contributed by atoms with Gasteiger partial charge in [-0.2, -0.15) is 0 Å². The molecule has 1 unspecified atom stereocenters. The van der Waals surface area contributed by atoms with Crippen molar-refractivity contribution in [3.63, 3.8) is 0 Å². The first-order valence-electron chi connectivity index (χ1n) is 12.1. The average Bonchev–Trinajstić information content (AvgIpc) is 2.84. The summed E-state index contributed by atoms with van der Waals surface area (Å²) in [4.78, 5) is 13.2. The second-order valence-corrected chi connectivity index (χ2v) is 9.46. The van der Waals surface area contributed by atoms with Crippen LogP contribution in [0.4, 0.5) is 5.69 Å². The van der Waals surface area contributed by atoms with Crippen molar-refractivity contribution in [1.29, 1.82) is 0 Å². The summed E-state index contributed by atoms with van der Waals surface area (Å²) < 4.78 is 0. The third-order valence-corrected chi connectivity index (χ3v) is 6.37. The van der Waals surface area contributed by atoms with Crippen molar-refractivity contribution in [3.8, 4) is 0 Å². The van der Waals surface area contributed by atoms with Gasteiger partial charge in [-0.15, -0.1) is 0 Å². The van der Waals surface area contributed by atoms with Crippen molar-refractivity contribution in [3.05, 3.63) is 113 Å². The quantitative estimate of drug-likeness (QED) is 0.293. The molecule has 174 valence electrons. The van der Waals surface area contributed by atoms with E-state index in [4.69, 9.17) is 0 Å². The van der Waals surface area contributed by atoms with Crippen LogP contribution >= 0.6 is 0 Å². The summed E-state index contributed by atoms with van der Waals surface area (Å²) in [6, 6.07) is 31.3. The molecule has 0 radical (unpaired) electrons. The SMILES string of the molecule is CC(C)c1cccc(C(C)C)c1NC(=O)CNC(c1ccccc1)c1cccc2ccccc12. The lowest BCUT2D eigenvalue weighted by atomic mass is 9.92. The van der Waals surface area contributed by atoms with Gasteiger partial charge < -0.3 is 5.32 Å². The number of anilines is 1. The lowest BCUT2D eigenvalue weighted by Crippen LogP contribution is -2.32. The molecule has 0 saturated carbocycles. The number of para-hydroxylation sites is 1. The molecule has 0 fully saturated rings. The van der Waals surface area contributed by atoms with E-state index >= 15 is 0 Å². The van der Waals surface area contributed by atoms with E-state index in [0.717, 1.165) is 11.3 Å². The first kappa shape index (κ1) is 23.7. The van der Waals surface area contributed by atoms with E-state index in [2.05, 4.69) is 111 Å². The summed E-state index contributed by atoms with van der Waals surface area (Å²) in [7, 11) is 0. The Bertz CT molecular complexity index is 1230. The molecule has 1 amide bonds. The summed E-state index contributed by atoms with van der Waals surface area (Å²) in [6.07, 6.45) is 0. The van der Waals surface area contributed by atoms with Gasteiger partial charge >= 0.3 is 0 Å². The summed E-state index contributed by atoms with van der Waals surface area (Å²) in [5.41, 5.74) is 5.61. The van der Waals surface area contributed by atoms with Gasteiger partial charge in [0.1, 0.15) is 0 Å². The maximum Gasteiger partial charge on any atom is 0.238 e. The van der Waals surface area contributed by atoms with E-state index in [1.807, 2.05) is 18.2 Å². The topological polar surface area (TPSA) is 41.1 Å². The van der Waals surface area contributed by atoms with Crippen LogP contribution in [0, 0.1) is 0 Å². The third kappa shape index (κ3) is 5.21. The summed E-state index contributed by atoms with van der Waals surface area (Å²) in [5.74, 6) is 0.626. The third-order valence-electron chi connectivity index (χ3n) is 6.37. The molecule has 0 spiro atoms. The van der Waals surface area contributed by atoms with E-state index < -0.39 is 0 Å². The highest BCUT2D eigenvalue weighted by Gasteiger charge is 2.19. The Morgan fingerprint density at radius 3 is 1.91 bits per heavy atom. The Morgan fingerprint density at radius 1 is 0.676 bits per heavy atom. The lowest BCUT2D eigenvalue weighted by molar-refractivity contribution is -0.115. The molecule has 0 saturated heterocycles. The monoisotopic (exact) mass is 450 g/mol. The van der Waals surface area contributed by atoms with Gasteiger partial charge in [0.05, 0.1) is 12.6 Å². The molecule has 3 nitrogen and oxygen atoms in total. The van der Waals surface area contributed by atoms with E-state index in [-0.39, 0.29) is 18.5 Å². The van der Waals surface area contributed by atoms with Crippen molar-refractivity contribution in [1.82, 2.24) is 5.32 Å². The average molecular weight is 451 g/mol. The molecule has 4 aromatic carbocycles. The fourth-order valence-electron chi connectivity index (χ4n) is 4.63. The predicted molar refractivity (Wildman–Crippen MR) is 143 cm³/mol. The van der Waals surface area contributed by atoms with Crippen LogP contribution < -0.4 is 10.6 Å². The zero-order valence-corrected chi connectivity index (χ0v) is 20.5. The minimum Gasteiger partial charge on any atom is -0.324 e. The minimum atomic E-state index is -0.0945. The van der Waals surface area contributed by atoms with Crippen molar-refractivity contribution in [2.75, 3.05) is 11.9 Å². The first-order valence-corrected chi connectivity index (χ1v) is 12.1. The maximum atomic E-state index is 13.2. The molecule has 4 rings (SSSR count). The van der Waals surface area contributed by atoms with Gasteiger partial charge in [0, 0.05) is 5.69 Å². The fraction of sp³-hybridized carbons (Fsp3) is 0.258. The number of rotatable bonds is 8. The van der Waals surface area contributed by atoms with Crippen molar-refractivity contribution in [2.45, 2.75) is 45.6 Å². The largest absolute Gasteiger partial charge is 0.324 e. The Morgan fingerprint density at radius 2 is 1.24 bits per heavy atom. The van der Waals surface area contributed by atoms with Crippen LogP contribution in [0.3, 0.4) is 0 Å². The number of hydrogen-bond donors (Lipinski definition) is 2. The van der Waals surface area contributed by atoms with Crippen LogP contribution in [0.15, 0.2) is 91.0 Å². The molecular weight excluding hydrogens is 416 g/mol. The standard InChI is InChI=1S/C31H34N2O/c1-21(2)25-17-11-18-26(22(3)4)31(25)33-29(34)20-32-30(24-13-6-5-7-14-24)28-19-10-15-23-12-8-9-16-27(23)28/h5-19,21-22,30,32H,20H2,1-4H3,(H,33,34). The van der Waals surface area contributed by atoms with Crippen LogP contribution in [-0.2, 0) is 4.79 Å². The number of nitrogens with one attached hydrogen (secondary N) is 2. The highest BCUT2D eigenvalue weighted by molar-refractivity contribution is 5.94. The number of amides is 1. The Balaban J connectivity index is 1.62. The normalized spacial score (nSPS) is 12.3. The molecule has 3 heteroatoms. The zero-order chi connectivity index (χ0) is 24.1. The Hall–Kier alpha value is -3.43. The predicted octanol–water partition coefficient (Wildman–Crippen LogP) is 7.40. The molecule has 4 aromatic rings. The summed E-state index contributed by atoms with van der Waals surface area (Å²) in [5, 5.41) is 9.17. The highest BCUT2D eigenvalue weighted by Crippen LogP contribution is 2.33. The molecule has 0 bridgehead atoms. The molecule has 0 aliphatic rings. The number of hydrogen-bond acceptors (Lipinski definition) is 2. The van der Waals surface area contributed by atoms with Gasteiger partial charge in [0.15, 0.2) is 0 Å². The Labute approximate surface area is 203 Å². The van der Waals surface area contributed by atoms with Crippen LogP contribution in [0.5, 0.6) is 0 Å². The molecule has 0 aliphatic heterocycles. The fourth-order valence-corrected chi connectivity index (χ4v) is 4.63. The molecular formula is C31H34N2O. The summed E-state index contributed by atoms with van der Waals surface area (Å²) in [6.45, 7) is 8.88. The second-order valence-electron chi connectivity index (χ2n) is 9.46. The van der Waals surface area contributed by atoms with Crippen LogP contribution in [0.1, 0.15) is 67.8 Å². The summed E-state index contributed by atoms with van der Waals surface area (Å²) >= 11 is 0. The van der Waals surface area contributed by atoms with Crippen LogP contribution in [-0.4, -0.2) is 12.5 Å². The molecule has 34 heavy (non-hydrogen) atoms. The van der Waals surface area contributed by atoms with Crippen LogP contribution in [0.25, 0.3) is 10.8 Å². The number of carbonyl (C=O) groups is 1. The molecule has 0 aromatic heterocycles. The van der Waals surface area contributed by atoms with Crippen molar-refractivity contribution >= 4 is 22.4 Å². The van der Waals surface area contributed by atoms with E-state index in [1.54, 1.807) is 0 Å². The van der Waals surface area contributed by atoms with Gasteiger partial charge in [0.25, 0.3) is 0 Å². The number of carbonyl (C=O) groups excluding carboxylic acids is 1. The number of fused-ring (bicyclic) bond motifs is 1. The van der Waals surface area contributed by atoms with E-state index in [0.29, 0.717) is 11.8 Å². The van der Waals surface area contributed by atoms with Gasteiger partial charge in [0.2, 0.25) is 5.91 Å². The van der Waals surface area contributed by atoms with Gasteiger partial charge in [-0.1, -0.05) is 119 Å². The van der Waals surface area contributed by atoms with Gasteiger partial charge in [-0.25, -0.2) is 0 Å². The molecule has 0 aliphatic carbocycles. The van der Waals surface area contributed by atoms with Crippen molar-refractivity contribution < 1.29 is 4.79 Å². The van der Waals surface area contributed by atoms with Gasteiger partial charge in [-0.3, -0.25) is 10.1 Å². The smallest absolute Gasteiger partial charge is 0.238 e. The minimum absolute atomic E-state index is 0.0313. The van der Waals surface area contributed by atoms with Gasteiger partial charge in [-0.05, 0) is 44.9 Å².